The van der Waals surface area contributed by atoms with Gasteiger partial charge in [-0.1, -0.05) is 18.2 Å². The first kappa shape index (κ1) is 17.9. The van der Waals surface area contributed by atoms with E-state index in [1.165, 1.54) is 30.7 Å². The van der Waals surface area contributed by atoms with Crippen molar-refractivity contribution in [3.05, 3.63) is 77.9 Å². The standard InChI is InChI=1S/C20H15FN4O2S/c1-27-18-8-7-13(9-15(18)21)16-11-28-20(23-16)24-19(26)17-10-22-12-25(17)14-5-3-2-4-6-14/h2-12H,1H3,(H,23,24,26). The van der Waals surface area contributed by atoms with Crippen LogP contribution >= 0.6 is 11.3 Å². The summed E-state index contributed by atoms with van der Waals surface area (Å²) in [7, 11) is 1.41. The highest BCUT2D eigenvalue weighted by atomic mass is 32.1. The molecule has 0 unspecified atom stereocenters. The highest BCUT2D eigenvalue weighted by Gasteiger charge is 2.15. The van der Waals surface area contributed by atoms with Crippen LogP contribution in [0.4, 0.5) is 9.52 Å². The molecule has 0 fully saturated rings. The summed E-state index contributed by atoms with van der Waals surface area (Å²) in [5.41, 5.74) is 2.39. The van der Waals surface area contributed by atoms with Crippen molar-refractivity contribution >= 4 is 22.4 Å². The van der Waals surface area contributed by atoms with Crippen LogP contribution in [0, 0.1) is 5.82 Å². The lowest BCUT2D eigenvalue weighted by Crippen LogP contribution is -2.15. The molecule has 8 heteroatoms. The minimum absolute atomic E-state index is 0.168. The summed E-state index contributed by atoms with van der Waals surface area (Å²) >= 11 is 1.26. The molecule has 0 bridgehead atoms. The van der Waals surface area contributed by atoms with Crippen LogP contribution in [-0.2, 0) is 0 Å². The van der Waals surface area contributed by atoms with Gasteiger partial charge in [-0.2, -0.15) is 0 Å². The van der Waals surface area contributed by atoms with Crippen molar-refractivity contribution in [2.75, 3.05) is 12.4 Å². The number of amides is 1. The Labute approximate surface area is 164 Å². The zero-order valence-corrected chi connectivity index (χ0v) is 15.6. The molecule has 0 radical (unpaired) electrons. The predicted molar refractivity (Wildman–Crippen MR) is 106 cm³/mol. The molecule has 2 aromatic carbocycles. The van der Waals surface area contributed by atoms with Gasteiger partial charge in [0.15, 0.2) is 16.7 Å². The summed E-state index contributed by atoms with van der Waals surface area (Å²) in [6.07, 6.45) is 3.08. The van der Waals surface area contributed by atoms with Crippen LogP contribution in [0.3, 0.4) is 0 Å². The summed E-state index contributed by atoms with van der Waals surface area (Å²) in [5, 5.41) is 4.94. The molecule has 28 heavy (non-hydrogen) atoms. The molecule has 1 N–H and O–H groups in total. The second kappa shape index (κ2) is 7.61. The number of aromatic nitrogens is 3. The average Bonchev–Trinajstić information content (AvgIpc) is 3.38. The number of imidazole rings is 1. The lowest BCUT2D eigenvalue weighted by Gasteiger charge is -2.07. The molecule has 2 aromatic heterocycles. The number of thiazole rings is 1. The number of ether oxygens (including phenoxy) is 1. The number of halogens is 1. The normalized spacial score (nSPS) is 10.6. The number of para-hydroxylation sites is 1. The van der Waals surface area contributed by atoms with Gasteiger partial charge in [-0.15, -0.1) is 11.3 Å². The van der Waals surface area contributed by atoms with Crippen LogP contribution < -0.4 is 10.1 Å². The highest BCUT2D eigenvalue weighted by molar-refractivity contribution is 7.14. The quantitative estimate of drug-likeness (QED) is 0.545. The molecule has 4 rings (SSSR count). The first-order valence-electron chi connectivity index (χ1n) is 8.34. The number of carbonyl (C=O) groups is 1. The molecule has 140 valence electrons. The first-order valence-corrected chi connectivity index (χ1v) is 9.22. The minimum Gasteiger partial charge on any atom is -0.494 e. The Morgan fingerprint density at radius 3 is 2.79 bits per heavy atom. The minimum atomic E-state index is -0.467. The molecule has 0 aliphatic carbocycles. The van der Waals surface area contributed by atoms with Crippen molar-refractivity contribution in [2.24, 2.45) is 0 Å². The van der Waals surface area contributed by atoms with Gasteiger partial charge in [0, 0.05) is 16.6 Å². The zero-order valence-electron chi connectivity index (χ0n) is 14.8. The highest BCUT2D eigenvalue weighted by Crippen LogP contribution is 2.28. The SMILES string of the molecule is COc1ccc(-c2csc(NC(=O)c3cncn3-c3ccccc3)n2)cc1F. The third-order valence-corrected chi connectivity index (χ3v) is 4.84. The van der Waals surface area contributed by atoms with Gasteiger partial charge in [-0.05, 0) is 30.3 Å². The zero-order chi connectivity index (χ0) is 19.5. The van der Waals surface area contributed by atoms with E-state index in [0.717, 1.165) is 5.69 Å². The Bertz CT molecular complexity index is 1120. The molecule has 4 aromatic rings. The van der Waals surface area contributed by atoms with Crippen LogP contribution in [0.25, 0.3) is 16.9 Å². The Balaban J connectivity index is 1.54. The summed E-state index contributed by atoms with van der Waals surface area (Å²) in [5.74, 6) is -0.629. The maximum atomic E-state index is 13.9. The molecule has 0 saturated heterocycles. The molecule has 1 amide bonds. The fraction of sp³-hybridized carbons (Fsp3) is 0.0500. The van der Waals surface area contributed by atoms with Crippen LogP contribution in [-0.4, -0.2) is 27.6 Å². The van der Waals surface area contributed by atoms with E-state index in [1.807, 2.05) is 30.3 Å². The molecule has 0 atom stereocenters. The van der Waals surface area contributed by atoms with Crippen molar-refractivity contribution in [3.63, 3.8) is 0 Å². The monoisotopic (exact) mass is 394 g/mol. The molecule has 0 spiro atoms. The Morgan fingerprint density at radius 1 is 1.21 bits per heavy atom. The second-order valence-electron chi connectivity index (χ2n) is 5.83. The molecular formula is C20H15FN4O2S. The molecule has 0 aliphatic rings. The van der Waals surface area contributed by atoms with E-state index in [4.69, 9.17) is 4.74 Å². The first-order chi connectivity index (χ1) is 13.7. The van der Waals surface area contributed by atoms with Gasteiger partial charge >= 0.3 is 0 Å². The van der Waals surface area contributed by atoms with Gasteiger partial charge in [0.1, 0.15) is 5.69 Å². The van der Waals surface area contributed by atoms with E-state index in [2.05, 4.69) is 15.3 Å². The maximum Gasteiger partial charge on any atom is 0.276 e. The van der Waals surface area contributed by atoms with Gasteiger partial charge in [0.05, 0.1) is 25.3 Å². The molecule has 6 nitrogen and oxygen atoms in total. The summed E-state index contributed by atoms with van der Waals surface area (Å²) < 4.78 is 20.5. The van der Waals surface area contributed by atoms with E-state index in [1.54, 1.807) is 28.4 Å². The third kappa shape index (κ3) is 3.49. The van der Waals surface area contributed by atoms with Crippen molar-refractivity contribution in [3.8, 4) is 22.7 Å². The number of anilines is 1. The Hall–Kier alpha value is -3.52. The number of methoxy groups -OCH3 is 1. The maximum absolute atomic E-state index is 13.9. The van der Waals surface area contributed by atoms with Gasteiger partial charge in [-0.25, -0.2) is 14.4 Å². The van der Waals surface area contributed by atoms with Crippen LogP contribution in [0.1, 0.15) is 10.5 Å². The van der Waals surface area contributed by atoms with Gasteiger partial charge < -0.3 is 4.74 Å². The Kier molecular flexibility index (Phi) is 4.86. The van der Waals surface area contributed by atoms with Crippen molar-refractivity contribution in [1.82, 2.24) is 14.5 Å². The van der Waals surface area contributed by atoms with Crippen molar-refractivity contribution < 1.29 is 13.9 Å². The van der Waals surface area contributed by atoms with E-state index < -0.39 is 5.82 Å². The topological polar surface area (TPSA) is 69.0 Å². The molecular weight excluding hydrogens is 379 g/mol. The second-order valence-corrected chi connectivity index (χ2v) is 6.68. The lowest BCUT2D eigenvalue weighted by atomic mass is 10.1. The van der Waals surface area contributed by atoms with Gasteiger partial charge in [0.2, 0.25) is 0 Å². The fourth-order valence-electron chi connectivity index (χ4n) is 2.71. The molecule has 2 heterocycles. The largest absolute Gasteiger partial charge is 0.494 e. The van der Waals surface area contributed by atoms with E-state index in [0.29, 0.717) is 22.1 Å². The summed E-state index contributed by atoms with van der Waals surface area (Å²) in [6, 6.07) is 14.1. The molecule has 0 saturated carbocycles. The van der Waals surface area contributed by atoms with E-state index in [-0.39, 0.29) is 11.7 Å². The van der Waals surface area contributed by atoms with Gasteiger partial charge in [-0.3, -0.25) is 14.7 Å². The lowest BCUT2D eigenvalue weighted by molar-refractivity contribution is 0.102. The smallest absolute Gasteiger partial charge is 0.276 e. The number of hydrogen-bond donors (Lipinski definition) is 1. The number of nitrogens with one attached hydrogen (secondary N) is 1. The third-order valence-electron chi connectivity index (χ3n) is 4.08. The number of carbonyl (C=O) groups excluding carboxylic acids is 1. The number of rotatable bonds is 5. The molecule has 0 aliphatic heterocycles. The summed E-state index contributed by atoms with van der Waals surface area (Å²) in [4.78, 5) is 21.1. The average molecular weight is 394 g/mol. The van der Waals surface area contributed by atoms with Crippen molar-refractivity contribution in [1.29, 1.82) is 0 Å². The number of hydrogen-bond acceptors (Lipinski definition) is 5. The van der Waals surface area contributed by atoms with Crippen LogP contribution in [0.15, 0.2) is 66.4 Å². The van der Waals surface area contributed by atoms with Crippen LogP contribution in [0.5, 0.6) is 5.75 Å². The number of nitrogens with zero attached hydrogens (tertiary/aromatic N) is 3. The Morgan fingerprint density at radius 2 is 2.04 bits per heavy atom. The van der Waals surface area contributed by atoms with Gasteiger partial charge in [0.25, 0.3) is 5.91 Å². The van der Waals surface area contributed by atoms with E-state index in [9.17, 15) is 9.18 Å². The van der Waals surface area contributed by atoms with Crippen molar-refractivity contribution in [2.45, 2.75) is 0 Å². The number of benzene rings is 2. The van der Waals surface area contributed by atoms with E-state index >= 15 is 0 Å². The van der Waals surface area contributed by atoms with Crippen LogP contribution in [0.2, 0.25) is 0 Å². The predicted octanol–water partition coefficient (Wildman–Crippen LogP) is 4.40. The fourth-order valence-corrected chi connectivity index (χ4v) is 3.42. The summed E-state index contributed by atoms with van der Waals surface area (Å²) in [6.45, 7) is 0.